The highest BCUT2D eigenvalue weighted by atomic mass is 16.3. The minimum Gasteiger partial charge on any atom is -0.441 e. The molecule has 1 heterocycles. The van der Waals surface area contributed by atoms with Crippen LogP contribution >= 0.6 is 0 Å². The van der Waals surface area contributed by atoms with Crippen LogP contribution in [0.5, 0.6) is 0 Å². The van der Waals surface area contributed by atoms with E-state index in [9.17, 15) is 0 Å². The van der Waals surface area contributed by atoms with Crippen molar-refractivity contribution in [1.29, 1.82) is 0 Å². The van der Waals surface area contributed by atoms with E-state index in [-0.39, 0.29) is 5.41 Å². The first kappa shape index (κ1) is 7.32. The minimum absolute atomic E-state index is 0.282. The van der Waals surface area contributed by atoms with E-state index in [0.717, 1.165) is 12.1 Å². The maximum Gasteiger partial charge on any atom is 0.283 e. The van der Waals surface area contributed by atoms with Crippen molar-refractivity contribution in [3.8, 4) is 0 Å². The molecule has 0 amide bonds. The second-order valence-corrected chi connectivity index (χ2v) is 3.67. The van der Waals surface area contributed by atoms with Gasteiger partial charge in [-0.1, -0.05) is 20.8 Å². The van der Waals surface area contributed by atoms with E-state index in [1.54, 1.807) is 6.26 Å². The second-order valence-electron chi connectivity index (χ2n) is 3.67. The molecular formula is C8H12NO. The van der Waals surface area contributed by atoms with E-state index in [0.29, 0.717) is 0 Å². The minimum atomic E-state index is 0.282. The molecule has 1 aromatic heterocycles. The lowest BCUT2D eigenvalue weighted by atomic mass is 9.91. The van der Waals surface area contributed by atoms with Gasteiger partial charge in [-0.15, -0.1) is 0 Å². The highest BCUT2D eigenvalue weighted by Gasteiger charge is 2.12. The SMILES string of the molecule is CC(C)(C)Cc1co[c]n1. The molecule has 2 heteroatoms. The lowest BCUT2D eigenvalue weighted by Crippen LogP contribution is -2.08. The molecule has 1 radical (unpaired) electrons. The molecule has 0 fully saturated rings. The molecule has 0 saturated heterocycles. The van der Waals surface area contributed by atoms with E-state index in [2.05, 4.69) is 32.1 Å². The van der Waals surface area contributed by atoms with Gasteiger partial charge in [0.25, 0.3) is 6.39 Å². The van der Waals surface area contributed by atoms with Gasteiger partial charge in [-0.05, 0) is 11.8 Å². The topological polar surface area (TPSA) is 26.0 Å². The molecule has 0 spiro atoms. The van der Waals surface area contributed by atoms with E-state index >= 15 is 0 Å². The Morgan fingerprint density at radius 2 is 2.30 bits per heavy atom. The number of rotatable bonds is 1. The summed E-state index contributed by atoms with van der Waals surface area (Å²) in [6.45, 7) is 6.51. The van der Waals surface area contributed by atoms with Gasteiger partial charge >= 0.3 is 0 Å². The zero-order chi connectivity index (χ0) is 7.61. The van der Waals surface area contributed by atoms with E-state index in [1.807, 2.05) is 0 Å². The Bertz CT molecular complexity index is 184. The number of oxazole rings is 1. The van der Waals surface area contributed by atoms with Gasteiger partial charge in [0.1, 0.15) is 6.26 Å². The summed E-state index contributed by atoms with van der Waals surface area (Å²) in [6, 6.07) is 0. The van der Waals surface area contributed by atoms with Crippen LogP contribution in [0, 0.1) is 11.8 Å². The van der Waals surface area contributed by atoms with Crippen LogP contribution in [0.4, 0.5) is 0 Å². The van der Waals surface area contributed by atoms with Gasteiger partial charge in [-0.2, -0.15) is 0 Å². The highest BCUT2D eigenvalue weighted by molar-refractivity contribution is 4.93. The predicted octanol–water partition coefficient (Wildman–Crippen LogP) is 2.06. The zero-order valence-electron chi connectivity index (χ0n) is 6.64. The number of nitrogens with zero attached hydrogens (tertiary/aromatic N) is 1. The quantitative estimate of drug-likeness (QED) is 0.593. The van der Waals surface area contributed by atoms with Gasteiger partial charge in [0.15, 0.2) is 0 Å². The van der Waals surface area contributed by atoms with Crippen LogP contribution in [-0.4, -0.2) is 4.98 Å². The smallest absolute Gasteiger partial charge is 0.283 e. The summed E-state index contributed by atoms with van der Waals surface area (Å²) in [5, 5.41) is 0. The largest absolute Gasteiger partial charge is 0.441 e. The molecule has 0 aliphatic heterocycles. The first-order valence-electron chi connectivity index (χ1n) is 3.38. The molecular weight excluding hydrogens is 126 g/mol. The van der Waals surface area contributed by atoms with Crippen molar-refractivity contribution >= 4 is 0 Å². The molecule has 0 aliphatic rings. The Kier molecular flexibility index (Phi) is 1.79. The first-order valence-corrected chi connectivity index (χ1v) is 3.38. The third-order valence-corrected chi connectivity index (χ3v) is 1.15. The van der Waals surface area contributed by atoms with Crippen LogP contribution in [0.1, 0.15) is 26.5 Å². The average Bonchev–Trinajstić information content (AvgIpc) is 2.12. The molecule has 0 bridgehead atoms. The van der Waals surface area contributed by atoms with Gasteiger partial charge in [-0.25, -0.2) is 4.98 Å². The van der Waals surface area contributed by atoms with Gasteiger partial charge in [0, 0.05) is 0 Å². The Morgan fingerprint density at radius 1 is 1.60 bits per heavy atom. The Hall–Kier alpha value is -0.790. The van der Waals surface area contributed by atoms with Crippen molar-refractivity contribution in [2.75, 3.05) is 0 Å². The lowest BCUT2D eigenvalue weighted by molar-refractivity contribution is 0.405. The standard InChI is InChI=1S/C8H12NO/c1-8(2,3)4-7-5-10-6-9-7/h5H,4H2,1-3H3. The Labute approximate surface area is 61.3 Å². The first-order chi connectivity index (χ1) is 4.58. The van der Waals surface area contributed by atoms with Gasteiger partial charge in [0.05, 0.1) is 5.69 Å². The van der Waals surface area contributed by atoms with Crippen molar-refractivity contribution in [2.45, 2.75) is 27.2 Å². The highest BCUT2D eigenvalue weighted by Crippen LogP contribution is 2.18. The molecule has 1 rings (SSSR count). The van der Waals surface area contributed by atoms with Crippen molar-refractivity contribution in [2.24, 2.45) is 5.41 Å². The van der Waals surface area contributed by atoms with E-state index in [4.69, 9.17) is 4.42 Å². The van der Waals surface area contributed by atoms with Crippen molar-refractivity contribution < 1.29 is 4.42 Å². The molecule has 0 saturated carbocycles. The maximum atomic E-state index is 4.72. The zero-order valence-corrected chi connectivity index (χ0v) is 6.64. The van der Waals surface area contributed by atoms with Crippen LogP contribution in [0.2, 0.25) is 0 Å². The summed E-state index contributed by atoms with van der Waals surface area (Å²) < 4.78 is 4.72. The van der Waals surface area contributed by atoms with Gasteiger partial charge < -0.3 is 4.42 Å². The molecule has 0 atom stereocenters. The van der Waals surface area contributed by atoms with Crippen LogP contribution in [-0.2, 0) is 6.42 Å². The van der Waals surface area contributed by atoms with Crippen LogP contribution < -0.4 is 0 Å². The van der Waals surface area contributed by atoms with Crippen LogP contribution in [0.15, 0.2) is 10.7 Å². The molecule has 0 aliphatic carbocycles. The average molecular weight is 138 g/mol. The summed E-state index contributed by atoms with van der Waals surface area (Å²) in [5.41, 5.74) is 1.26. The van der Waals surface area contributed by atoms with Crippen molar-refractivity contribution in [3.05, 3.63) is 18.4 Å². The fraction of sp³-hybridized carbons (Fsp3) is 0.625. The molecule has 0 aromatic carbocycles. The third kappa shape index (κ3) is 2.21. The second kappa shape index (κ2) is 2.45. The number of hydrogen-bond acceptors (Lipinski definition) is 2. The summed E-state index contributed by atoms with van der Waals surface area (Å²) >= 11 is 0. The molecule has 10 heavy (non-hydrogen) atoms. The fourth-order valence-electron chi connectivity index (χ4n) is 0.830. The lowest BCUT2D eigenvalue weighted by Gasteiger charge is -2.14. The monoisotopic (exact) mass is 138 g/mol. The normalized spacial score (nSPS) is 11.9. The summed E-state index contributed by atoms with van der Waals surface area (Å²) in [4.78, 5) is 3.91. The number of aromatic nitrogens is 1. The molecule has 2 nitrogen and oxygen atoms in total. The van der Waals surface area contributed by atoms with Crippen molar-refractivity contribution in [3.63, 3.8) is 0 Å². The molecule has 0 N–H and O–H groups in total. The number of hydrogen-bond donors (Lipinski definition) is 0. The molecule has 55 valence electrons. The maximum absolute atomic E-state index is 4.72. The predicted molar refractivity (Wildman–Crippen MR) is 38.5 cm³/mol. The van der Waals surface area contributed by atoms with Gasteiger partial charge in [-0.3, -0.25) is 0 Å². The summed E-state index contributed by atoms with van der Waals surface area (Å²) in [7, 11) is 0. The van der Waals surface area contributed by atoms with Gasteiger partial charge in [0.2, 0.25) is 0 Å². The van der Waals surface area contributed by atoms with Crippen molar-refractivity contribution in [1.82, 2.24) is 4.98 Å². The summed E-state index contributed by atoms with van der Waals surface area (Å²) in [5.74, 6) is 0. The van der Waals surface area contributed by atoms with Crippen LogP contribution in [0.25, 0.3) is 0 Å². The fourth-order valence-corrected chi connectivity index (χ4v) is 0.830. The van der Waals surface area contributed by atoms with E-state index in [1.165, 1.54) is 0 Å². The van der Waals surface area contributed by atoms with Crippen LogP contribution in [0.3, 0.4) is 0 Å². The third-order valence-electron chi connectivity index (χ3n) is 1.15. The Morgan fingerprint density at radius 3 is 2.70 bits per heavy atom. The molecule has 1 aromatic rings. The molecule has 0 unspecified atom stereocenters. The Balaban J connectivity index is 2.57. The van der Waals surface area contributed by atoms with E-state index < -0.39 is 0 Å². The summed E-state index contributed by atoms with van der Waals surface area (Å²) in [6.07, 6.45) is 5.02.